The number of rotatable bonds is 7. The van der Waals surface area contributed by atoms with Crippen LogP contribution in [0.2, 0.25) is 0 Å². The quantitative estimate of drug-likeness (QED) is 0.292. The molecular weight excluding hydrogens is 448 g/mol. The zero-order valence-corrected chi connectivity index (χ0v) is 20.2. The Hall–Kier alpha value is -4.21. The van der Waals surface area contributed by atoms with Crippen molar-refractivity contribution in [3.05, 3.63) is 96.2 Å². The third-order valence-electron chi connectivity index (χ3n) is 6.51. The average molecular weight is 477 g/mol. The smallest absolute Gasteiger partial charge is 0.222 e. The van der Waals surface area contributed by atoms with Crippen molar-refractivity contribution in [2.75, 3.05) is 6.61 Å². The zero-order chi connectivity index (χ0) is 24.9. The summed E-state index contributed by atoms with van der Waals surface area (Å²) in [6.07, 6.45) is 6.50. The van der Waals surface area contributed by atoms with Gasteiger partial charge < -0.3 is 9.47 Å². The Kier molecular flexibility index (Phi) is 6.92. The third kappa shape index (κ3) is 5.22. The molecule has 1 saturated heterocycles. The molecular formula is C30H28N4O2. The standard InChI is InChI=1S/C30H28N4O2/c1-3-22-5-7-24(8-6-22)20-36-30-27(25-11-9-23(17-31)10-12-25)16-29-28(33-30)18-32-34(29)19-26-13-4-21(2)14-15-35-26/h3,5-12,16,18,26H,1-2,4,13-15,19-20H2/t26-/m1/s1. The van der Waals surface area contributed by atoms with Crippen molar-refractivity contribution in [2.24, 2.45) is 0 Å². The minimum absolute atomic E-state index is 0.0835. The van der Waals surface area contributed by atoms with E-state index in [1.165, 1.54) is 5.57 Å². The van der Waals surface area contributed by atoms with Crippen molar-refractivity contribution in [3.8, 4) is 23.1 Å². The molecule has 0 N–H and O–H groups in total. The van der Waals surface area contributed by atoms with E-state index >= 15 is 0 Å². The van der Waals surface area contributed by atoms with Gasteiger partial charge in [0.15, 0.2) is 0 Å². The molecule has 6 heteroatoms. The first-order chi connectivity index (χ1) is 17.6. The van der Waals surface area contributed by atoms with Gasteiger partial charge in [-0.1, -0.05) is 61.2 Å². The highest BCUT2D eigenvalue weighted by atomic mass is 16.5. The lowest BCUT2D eigenvalue weighted by Gasteiger charge is -2.16. The van der Waals surface area contributed by atoms with Crippen molar-refractivity contribution in [3.63, 3.8) is 0 Å². The molecule has 0 amide bonds. The summed E-state index contributed by atoms with van der Waals surface area (Å²) in [5, 5.41) is 13.8. The number of aromatic nitrogens is 3. The summed E-state index contributed by atoms with van der Waals surface area (Å²) in [6, 6.07) is 19.8. The number of nitriles is 1. The summed E-state index contributed by atoms with van der Waals surface area (Å²) in [6.45, 7) is 9.66. The normalized spacial score (nSPS) is 15.9. The Morgan fingerprint density at radius 1 is 1.14 bits per heavy atom. The molecule has 0 saturated carbocycles. The summed E-state index contributed by atoms with van der Waals surface area (Å²) in [5.41, 5.74) is 7.41. The van der Waals surface area contributed by atoms with Gasteiger partial charge in [0.1, 0.15) is 12.1 Å². The van der Waals surface area contributed by atoms with Crippen molar-refractivity contribution in [2.45, 2.75) is 38.5 Å². The molecule has 1 fully saturated rings. The monoisotopic (exact) mass is 476 g/mol. The van der Waals surface area contributed by atoms with Crippen LogP contribution in [-0.2, 0) is 17.9 Å². The maximum atomic E-state index is 9.22. The molecule has 6 nitrogen and oxygen atoms in total. The molecule has 3 heterocycles. The van der Waals surface area contributed by atoms with E-state index in [1.54, 1.807) is 18.3 Å². The number of benzene rings is 2. The fourth-order valence-electron chi connectivity index (χ4n) is 4.36. The van der Waals surface area contributed by atoms with Crippen molar-refractivity contribution < 1.29 is 9.47 Å². The van der Waals surface area contributed by atoms with Crippen molar-refractivity contribution >= 4 is 17.1 Å². The van der Waals surface area contributed by atoms with Crippen molar-refractivity contribution in [1.29, 1.82) is 5.26 Å². The summed E-state index contributed by atoms with van der Waals surface area (Å²) in [4.78, 5) is 4.85. The van der Waals surface area contributed by atoms with Crippen LogP contribution in [0.3, 0.4) is 0 Å². The van der Waals surface area contributed by atoms with Gasteiger partial charge in [-0.25, -0.2) is 4.98 Å². The molecule has 1 atom stereocenters. The molecule has 4 aromatic rings. The number of fused-ring (bicyclic) bond motifs is 1. The van der Waals surface area contributed by atoms with Gasteiger partial charge in [-0.05, 0) is 54.2 Å². The lowest BCUT2D eigenvalue weighted by atomic mass is 10.0. The highest BCUT2D eigenvalue weighted by Crippen LogP contribution is 2.33. The second-order valence-electron chi connectivity index (χ2n) is 9.03. The Bertz CT molecular complexity index is 1430. The van der Waals surface area contributed by atoms with Crippen LogP contribution in [-0.4, -0.2) is 27.5 Å². The maximum absolute atomic E-state index is 9.22. The van der Waals surface area contributed by atoms with E-state index in [1.807, 2.05) is 47.2 Å². The van der Waals surface area contributed by atoms with Gasteiger partial charge in [0.2, 0.25) is 5.88 Å². The molecule has 0 bridgehead atoms. The van der Waals surface area contributed by atoms with E-state index in [0.29, 0.717) is 31.2 Å². The molecule has 0 aliphatic carbocycles. The molecule has 2 aromatic heterocycles. The zero-order valence-electron chi connectivity index (χ0n) is 20.2. The molecule has 2 aromatic carbocycles. The van der Waals surface area contributed by atoms with Gasteiger partial charge >= 0.3 is 0 Å². The number of pyridine rings is 1. The third-order valence-corrected chi connectivity index (χ3v) is 6.51. The van der Waals surface area contributed by atoms with Gasteiger partial charge in [-0.2, -0.15) is 10.4 Å². The van der Waals surface area contributed by atoms with Crippen LogP contribution in [0, 0.1) is 11.3 Å². The van der Waals surface area contributed by atoms with E-state index < -0.39 is 0 Å². The molecule has 5 rings (SSSR count). The van der Waals surface area contributed by atoms with Crippen molar-refractivity contribution in [1.82, 2.24) is 14.8 Å². The van der Waals surface area contributed by atoms with E-state index in [2.05, 4.69) is 30.4 Å². The van der Waals surface area contributed by atoms with Crippen LogP contribution in [0.25, 0.3) is 28.2 Å². The van der Waals surface area contributed by atoms with Crippen LogP contribution < -0.4 is 4.74 Å². The molecule has 1 aliphatic rings. The second kappa shape index (κ2) is 10.6. The van der Waals surface area contributed by atoms with E-state index in [0.717, 1.165) is 52.5 Å². The van der Waals surface area contributed by atoms with Gasteiger partial charge in [0.05, 0.1) is 42.6 Å². The molecule has 0 spiro atoms. The van der Waals surface area contributed by atoms with E-state index in [9.17, 15) is 5.26 Å². The highest BCUT2D eigenvalue weighted by molar-refractivity contribution is 5.83. The Morgan fingerprint density at radius 2 is 1.94 bits per heavy atom. The first-order valence-electron chi connectivity index (χ1n) is 12.1. The largest absolute Gasteiger partial charge is 0.472 e. The van der Waals surface area contributed by atoms with Gasteiger partial charge in [-0.15, -0.1) is 0 Å². The first-order valence-corrected chi connectivity index (χ1v) is 12.1. The van der Waals surface area contributed by atoms with Crippen LogP contribution in [0.4, 0.5) is 0 Å². The van der Waals surface area contributed by atoms with Crippen LogP contribution in [0.1, 0.15) is 36.0 Å². The fraction of sp³-hybridized carbons (Fsp3) is 0.233. The number of hydrogen-bond donors (Lipinski definition) is 0. The number of ether oxygens (including phenoxy) is 2. The SMILES string of the molecule is C=Cc1ccc(COc2nc3cnn(C[C@H]4CCC(=C)CCO4)c3cc2-c2ccc(C#N)cc2)cc1. The van der Waals surface area contributed by atoms with E-state index in [4.69, 9.17) is 14.5 Å². The summed E-state index contributed by atoms with van der Waals surface area (Å²) >= 11 is 0. The molecule has 1 aliphatic heterocycles. The predicted molar refractivity (Wildman–Crippen MR) is 141 cm³/mol. The topological polar surface area (TPSA) is 73.0 Å². The van der Waals surface area contributed by atoms with Crippen LogP contribution in [0.5, 0.6) is 5.88 Å². The molecule has 36 heavy (non-hydrogen) atoms. The minimum Gasteiger partial charge on any atom is -0.472 e. The van der Waals surface area contributed by atoms with Crippen LogP contribution in [0.15, 0.2) is 79.5 Å². The molecule has 0 radical (unpaired) electrons. The van der Waals surface area contributed by atoms with Gasteiger partial charge in [0, 0.05) is 5.56 Å². The van der Waals surface area contributed by atoms with Crippen LogP contribution >= 0.6 is 0 Å². The summed E-state index contributed by atoms with van der Waals surface area (Å²) in [7, 11) is 0. The minimum atomic E-state index is 0.0835. The Morgan fingerprint density at radius 3 is 2.69 bits per heavy atom. The Labute approximate surface area is 211 Å². The lowest BCUT2D eigenvalue weighted by Crippen LogP contribution is -2.20. The Balaban J connectivity index is 1.48. The van der Waals surface area contributed by atoms with Gasteiger partial charge in [-0.3, -0.25) is 4.68 Å². The second-order valence-corrected chi connectivity index (χ2v) is 9.03. The fourth-order valence-corrected chi connectivity index (χ4v) is 4.36. The number of nitrogens with zero attached hydrogens (tertiary/aromatic N) is 4. The number of hydrogen-bond acceptors (Lipinski definition) is 5. The summed E-state index contributed by atoms with van der Waals surface area (Å²) in [5.74, 6) is 0.529. The maximum Gasteiger partial charge on any atom is 0.222 e. The molecule has 180 valence electrons. The lowest BCUT2D eigenvalue weighted by molar-refractivity contribution is 0.0457. The average Bonchev–Trinajstić information content (AvgIpc) is 3.19. The summed E-state index contributed by atoms with van der Waals surface area (Å²) < 4.78 is 14.3. The first kappa shape index (κ1) is 23.5. The molecule has 0 unspecified atom stereocenters. The van der Waals surface area contributed by atoms with Gasteiger partial charge in [0.25, 0.3) is 0 Å². The highest BCUT2D eigenvalue weighted by Gasteiger charge is 2.19. The van der Waals surface area contributed by atoms with E-state index in [-0.39, 0.29) is 6.10 Å². The predicted octanol–water partition coefficient (Wildman–Crippen LogP) is 6.32.